The molecule has 1 aliphatic carbocycles. The van der Waals surface area contributed by atoms with Gasteiger partial charge < -0.3 is 15.4 Å². The fourth-order valence-electron chi connectivity index (χ4n) is 5.58. The van der Waals surface area contributed by atoms with Crippen molar-refractivity contribution in [2.75, 3.05) is 32.8 Å². The Morgan fingerprint density at radius 3 is 2.60 bits per heavy atom. The maximum atomic E-state index is 5.95. The van der Waals surface area contributed by atoms with Crippen molar-refractivity contribution in [3.63, 3.8) is 0 Å². The smallest absolute Gasteiger partial charge is 0.191 e. The minimum absolute atomic E-state index is 0.179. The molecule has 5 heteroatoms. The molecule has 3 fully saturated rings. The van der Waals surface area contributed by atoms with E-state index >= 15 is 0 Å². The fraction of sp³-hybridized carbons (Fsp3) is 0.720. The Morgan fingerprint density at radius 1 is 1.17 bits per heavy atom. The van der Waals surface area contributed by atoms with Crippen LogP contribution in [0.2, 0.25) is 0 Å². The normalized spacial score (nSPS) is 29.3. The number of ether oxygens (including phenoxy) is 1. The highest BCUT2D eigenvalue weighted by atomic mass is 16.5. The van der Waals surface area contributed by atoms with Crippen LogP contribution in [0.5, 0.6) is 0 Å². The number of piperidine rings is 1. The number of fused-ring (bicyclic) bond motifs is 1. The summed E-state index contributed by atoms with van der Waals surface area (Å²) < 4.78 is 5.95. The highest BCUT2D eigenvalue weighted by Crippen LogP contribution is 2.52. The number of aliphatic imine (C=N–C) groups is 1. The molecule has 30 heavy (non-hydrogen) atoms. The molecular formula is C25H40N4O. The lowest BCUT2D eigenvalue weighted by atomic mass is 9.57. The van der Waals surface area contributed by atoms with Crippen molar-refractivity contribution in [3.05, 3.63) is 35.4 Å². The second kappa shape index (κ2) is 9.27. The van der Waals surface area contributed by atoms with Crippen molar-refractivity contribution >= 4 is 5.96 Å². The van der Waals surface area contributed by atoms with Gasteiger partial charge >= 0.3 is 0 Å². The first-order valence-electron chi connectivity index (χ1n) is 11.9. The Balaban J connectivity index is 1.26. The zero-order chi connectivity index (χ0) is 21.1. The number of rotatable bonds is 6. The van der Waals surface area contributed by atoms with E-state index in [1.165, 1.54) is 43.5 Å². The van der Waals surface area contributed by atoms with E-state index in [2.05, 4.69) is 67.5 Å². The Hall–Kier alpha value is -1.59. The molecule has 0 spiro atoms. The first kappa shape index (κ1) is 21.6. The molecule has 0 radical (unpaired) electrons. The van der Waals surface area contributed by atoms with E-state index in [9.17, 15) is 0 Å². The molecule has 0 amide bonds. The van der Waals surface area contributed by atoms with Crippen LogP contribution in [0.15, 0.2) is 29.3 Å². The fourth-order valence-corrected chi connectivity index (χ4v) is 5.58. The molecule has 0 bridgehead atoms. The Kier molecular flexibility index (Phi) is 6.69. The van der Waals surface area contributed by atoms with Gasteiger partial charge in [0.25, 0.3) is 0 Å². The highest BCUT2D eigenvalue weighted by molar-refractivity contribution is 5.80. The molecule has 5 nitrogen and oxygen atoms in total. The monoisotopic (exact) mass is 412 g/mol. The number of hydrogen-bond donors (Lipinski definition) is 2. The Bertz CT molecular complexity index is 721. The summed E-state index contributed by atoms with van der Waals surface area (Å²) in [6.07, 6.45) is 4.06. The molecule has 1 aromatic carbocycles. The molecule has 2 saturated heterocycles. The van der Waals surface area contributed by atoms with Gasteiger partial charge in [0, 0.05) is 43.6 Å². The van der Waals surface area contributed by atoms with E-state index in [-0.39, 0.29) is 5.41 Å². The van der Waals surface area contributed by atoms with Crippen molar-refractivity contribution in [3.8, 4) is 0 Å². The zero-order valence-electron chi connectivity index (χ0n) is 19.3. The van der Waals surface area contributed by atoms with Gasteiger partial charge in [0.2, 0.25) is 0 Å². The summed E-state index contributed by atoms with van der Waals surface area (Å²) in [6.45, 7) is 15.1. The van der Waals surface area contributed by atoms with E-state index in [1.54, 1.807) is 0 Å². The van der Waals surface area contributed by atoms with Gasteiger partial charge in [0.15, 0.2) is 5.96 Å². The molecule has 2 aliphatic heterocycles. The number of nitrogens with zero attached hydrogens (tertiary/aromatic N) is 2. The molecule has 4 rings (SSSR count). The molecule has 1 aromatic rings. The predicted molar refractivity (Wildman–Crippen MR) is 124 cm³/mol. The number of benzene rings is 1. The van der Waals surface area contributed by atoms with Gasteiger partial charge in [-0.05, 0) is 57.7 Å². The second-order valence-corrected chi connectivity index (χ2v) is 10.1. The summed E-state index contributed by atoms with van der Waals surface area (Å²) in [7, 11) is 0. The maximum absolute atomic E-state index is 5.95. The van der Waals surface area contributed by atoms with Gasteiger partial charge in [0.05, 0.1) is 6.10 Å². The largest absolute Gasteiger partial charge is 0.377 e. The SMILES string of the molecule is CCNC(=NCC1CCN(Cc2ccc(C)cc2)CC1)NC1C2CCOC2C1(C)C. The standard InChI is InChI=1S/C25H40N4O/c1-5-26-24(28-22-21-12-15-30-23(21)25(22,3)4)27-16-19-10-13-29(14-11-19)17-20-8-6-18(2)7-9-20/h6-9,19,21-23H,5,10-17H2,1-4H3,(H2,26,27,28). The number of nitrogens with one attached hydrogen (secondary N) is 2. The van der Waals surface area contributed by atoms with Crippen LogP contribution in [0, 0.1) is 24.2 Å². The lowest BCUT2D eigenvalue weighted by Crippen LogP contribution is -2.68. The molecule has 1 saturated carbocycles. The third-order valence-corrected chi connectivity index (χ3v) is 7.48. The predicted octanol–water partition coefficient (Wildman–Crippen LogP) is 3.58. The van der Waals surface area contributed by atoms with Gasteiger partial charge in [-0.2, -0.15) is 0 Å². The first-order valence-corrected chi connectivity index (χ1v) is 11.9. The first-order chi connectivity index (χ1) is 14.5. The van der Waals surface area contributed by atoms with Crippen molar-refractivity contribution < 1.29 is 4.74 Å². The second-order valence-electron chi connectivity index (χ2n) is 10.1. The van der Waals surface area contributed by atoms with Gasteiger partial charge in [-0.25, -0.2) is 0 Å². The van der Waals surface area contributed by atoms with Crippen LogP contribution in [0.4, 0.5) is 0 Å². The van der Waals surface area contributed by atoms with Gasteiger partial charge in [-0.3, -0.25) is 9.89 Å². The van der Waals surface area contributed by atoms with Crippen LogP contribution in [0.25, 0.3) is 0 Å². The highest BCUT2D eigenvalue weighted by Gasteiger charge is 2.59. The Labute approximate surface area is 182 Å². The van der Waals surface area contributed by atoms with E-state index < -0.39 is 0 Å². The third-order valence-electron chi connectivity index (χ3n) is 7.48. The van der Waals surface area contributed by atoms with Crippen molar-refractivity contribution in [2.45, 2.75) is 65.6 Å². The summed E-state index contributed by atoms with van der Waals surface area (Å²) in [4.78, 5) is 7.58. The van der Waals surface area contributed by atoms with Gasteiger partial charge in [-0.15, -0.1) is 0 Å². The summed E-state index contributed by atoms with van der Waals surface area (Å²) in [6, 6.07) is 9.42. The molecule has 3 atom stereocenters. The average molecular weight is 413 g/mol. The Morgan fingerprint density at radius 2 is 1.90 bits per heavy atom. The molecule has 2 heterocycles. The molecule has 3 unspecified atom stereocenters. The molecule has 2 N–H and O–H groups in total. The lowest BCUT2D eigenvalue weighted by molar-refractivity contribution is -0.106. The maximum Gasteiger partial charge on any atom is 0.191 e. The minimum Gasteiger partial charge on any atom is -0.377 e. The van der Waals surface area contributed by atoms with Crippen LogP contribution in [-0.2, 0) is 11.3 Å². The van der Waals surface area contributed by atoms with Crippen molar-refractivity contribution in [1.82, 2.24) is 15.5 Å². The van der Waals surface area contributed by atoms with Crippen molar-refractivity contribution in [1.29, 1.82) is 0 Å². The van der Waals surface area contributed by atoms with E-state index in [0.717, 1.165) is 32.2 Å². The van der Waals surface area contributed by atoms with E-state index in [1.807, 2.05) is 0 Å². The quantitative estimate of drug-likeness (QED) is 0.554. The number of hydrogen-bond acceptors (Lipinski definition) is 3. The topological polar surface area (TPSA) is 48.9 Å². The summed E-state index contributed by atoms with van der Waals surface area (Å²) >= 11 is 0. The van der Waals surface area contributed by atoms with Gasteiger partial charge in [0.1, 0.15) is 0 Å². The third kappa shape index (κ3) is 4.67. The van der Waals surface area contributed by atoms with Gasteiger partial charge in [-0.1, -0.05) is 43.7 Å². The van der Waals surface area contributed by atoms with Crippen LogP contribution >= 0.6 is 0 Å². The average Bonchev–Trinajstić information content (AvgIpc) is 3.20. The van der Waals surface area contributed by atoms with Crippen LogP contribution in [0.1, 0.15) is 51.2 Å². The number of guanidine groups is 1. The van der Waals surface area contributed by atoms with E-state index in [4.69, 9.17) is 9.73 Å². The zero-order valence-corrected chi connectivity index (χ0v) is 19.3. The number of aryl methyl sites for hydroxylation is 1. The lowest BCUT2D eigenvalue weighted by Gasteiger charge is -2.55. The van der Waals surface area contributed by atoms with Crippen LogP contribution in [-0.4, -0.2) is 55.8 Å². The molecule has 166 valence electrons. The van der Waals surface area contributed by atoms with Crippen LogP contribution in [0.3, 0.4) is 0 Å². The van der Waals surface area contributed by atoms with Crippen LogP contribution < -0.4 is 10.6 Å². The molecule has 0 aromatic heterocycles. The summed E-state index contributed by atoms with van der Waals surface area (Å²) in [5.41, 5.74) is 2.94. The van der Waals surface area contributed by atoms with E-state index in [0.29, 0.717) is 24.0 Å². The number of likely N-dealkylation sites (tertiary alicyclic amines) is 1. The molecule has 3 aliphatic rings. The summed E-state index contributed by atoms with van der Waals surface area (Å²) in [5.74, 6) is 2.31. The van der Waals surface area contributed by atoms with Crippen molar-refractivity contribution in [2.24, 2.45) is 22.2 Å². The summed E-state index contributed by atoms with van der Waals surface area (Å²) in [5, 5.41) is 7.22. The molecular weight excluding hydrogens is 372 g/mol. The minimum atomic E-state index is 0.179.